The normalized spacial score (nSPS) is 23.9. The van der Waals surface area contributed by atoms with Crippen molar-refractivity contribution in [2.75, 3.05) is 13.1 Å². The molecule has 0 N–H and O–H groups in total. The van der Waals surface area contributed by atoms with E-state index in [-0.39, 0.29) is 24.2 Å². The number of piperidine rings is 1. The van der Waals surface area contributed by atoms with Gasteiger partial charge in [-0.1, -0.05) is 38.1 Å². The van der Waals surface area contributed by atoms with Gasteiger partial charge in [0.2, 0.25) is 5.91 Å². The Balaban J connectivity index is 1.59. The third-order valence-corrected chi connectivity index (χ3v) is 6.33. The number of hydrogen-bond acceptors (Lipinski definition) is 3. The van der Waals surface area contributed by atoms with E-state index in [1.165, 1.54) is 0 Å². The molecule has 1 amide bonds. The lowest BCUT2D eigenvalue weighted by atomic mass is 9.78. The first-order chi connectivity index (χ1) is 12.0. The second kappa shape index (κ2) is 6.68. The molecule has 0 aliphatic carbocycles. The Morgan fingerprint density at radius 3 is 1.96 bits per heavy atom. The number of likely N-dealkylation sites (tertiary alicyclic amines) is 1. The predicted octanol–water partition coefficient (Wildman–Crippen LogP) is 3.18. The van der Waals surface area contributed by atoms with Crippen LogP contribution in [-0.4, -0.2) is 42.2 Å². The van der Waals surface area contributed by atoms with Crippen LogP contribution in [0, 0.1) is 5.41 Å². The summed E-state index contributed by atoms with van der Waals surface area (Å²) in [6.45, 7) is 14.5. The zero-order valence-corrected chi connectivity index (χ0v) is 17.1. The Morgan fingerprint density at radius 1 is 0.962 bits per heavy atom. The smallest absolute Gasteiger partial charge is 0.399 e. The first-order valence-corrected chi connectivity index (χ1v) is 9.71. The number of carbonyl (C=O) groups is 1. The molecule has 5 heteroatoms. The van der Waals surface area contributed by atoms with Gasteiger partial charge < -0.3 is 14.2 Å². The first-order valence-electron chi connectivity index (χ1n) is 9.71. The highest BCUT2D eigenvalue weighted by molar-refractivity contribution is 6.62. The van der Waals surface area contributed by atoms with E-state index in [9.17, 15) is 4.79 Å². The van der Waals surface area contributed by atoms with Crippen LogP contribution in [0.4, 0.5) is 0 Å². The SMILES string of the molecule is CC1(C)CCN(C(=O)Cc2ccc(B3OC(C)(C)C(C)(C)O3)cc2)CC1. The van der Waals surface area contributed by atoms with Crippen molar-refractivity contribution in [1.29, 1.82) is 0 Å². The molecule has 0 spiro atoms. The maximum absolute atomic E-state index is 12.6. The minimum atomic E-state index is -0.353. The van der Waals surface area contributed by atoms with Gasteiger partial charge in [-0.3, -0.25) is 4.79 Å². The molecule has 3 rings (SSSR count). The summed E-state index contributed by atoms with van der Waals surface area (Å²) in [6.07, 6.45) is 2.63. The van der Waals surface area contributed by atoms with E-state index in [4.69, 9.17) is 9.31 Å². The number of rotatable bonds is 3. The Morgan fingerprint density at radius 2 is 1.46 bits per heavy atom. The second-order valence-corrected chi connectivity index (χ2v) is 9.55. The minimum absolute atomic E-state index is 0.226. The summed E-state index contributed by atoms with van der Waals surface area (Å²) in [4.78, 5) is 14.6. The van der Waals surface area contributed by atoms with E-state index >= 15 is 0 Å². The molecule has 2 heterocycles. The Kier molecular flexibility index (Phi) is 5.00. The number of carbonyl (C=O) groups excluding carboxylic acids is 1. The Bertz CT molecular complexity index is 640. The van der Waals surface area contributed by atoms with Gasteiger partial charge in [-0.05, 0) is 57.0 Å². The summed E-state index contributed by atoms with van der Waals surface area (Å²) in [7, 11) is -0.353. The van der Waals surface area contributed by atoms with E-state index in [0.29, 0.717) is 11.8 Å². The van der Waals surface area contributed by atoms with Gasteiger partial charge in [-0.25, -0.2) is 0 Å². The van der Waals surface area contributed by atoms with Crippen LogP contribution in [0.25, 0.3) is 0 Å². The van der Waals surface area contributed by atoms with E-state index < -0.39 is 0 Å². The summed E-state index contributed by atoms with van der Waals surface area (Å²) in [6, 6.07) is 8.08. The highest BCUT2D eigenvalue weighted by Crippen LogP contribution is 2.36. The van der Waals surface area contributed by atoms with Crippen molar-refractivity contribution in [2.45, 2.75) is 72.0 Å². The molecule has 0 radical (unpaired) electrons. The summed E-state index contributed by atoms with van der Waals surface area (Å²) < 4.78 is 12.2. The molecule has 2 fully saturated rings. The molecule has 142 valence electrons. The molecule has 1 aromatic rings. The van der Waals surface area contributed by atoms with Crippen LogP contribution >= 0.6 is 0 Å². The molecule has 4 nitrogen and oxygen atoms in total. The van der Waals surface area contributed by atoms with Gasteiger partial charge in [0, 0.05) is 13.1 Å². The summed E-state index contributed by atoms with van der Waals surface area (Å²) in [5.41, 5.74) is 1.73. The highest BCUT2D eigenvalue weighted by atomic mass is 16.7. The summed E-state index contributed by atoms with van der Waals surface area (Å²) in [5, 5.41) is 0. The van der Waals surface area contributed by atoms with Gasteiger partial charge in [-0.2, -0.15) is 0 Å². The van der Waals surface area contributed by atoms with Crippen molar-refractivity contribution in [3.8, 4) is 0 Å². The average Bonchev–Trinajstić information content (AvgIpc) is 2.76. The molecule has 2 saturated heterocycles. The quantitative estimate of drug-likeness (QED) is 0.780. The molecular weight excluding hydrogens is 325 g/mol. The molecule has 0 aromatic heterocycles. The highest BCUT2D eigenvalue weighted by Gasteiger charge is 2.51. The van der Waals surface area contributed by atoms with Gasteiger partial charge in [0.25, 0.3) is 0 Å². The lowest BCUT2D eigenvalue weighted by Crippen LogP contribution is -2.41. The number of benzene rings is 1. The molecule has 2 aliphatic heterocycles. The molecular formula is C21H32BNO3. The topological polar surface area (TPSA) is 38.8 Å². The van der Waals surface area contributed by atoms with Gasteiger partial charge in [0.1, 0.15) is 0 Å². The fourth-order valence-electron chi connectivity index (χ4n) is 3.42. The van der Waals surface area contributed by atoms with Gasteiger partial charge in [-0.15, -0.1) is 0 Å². The van der Waals surface area contributed by atoms with Gasteiger partial charge in [0.15, 0.2) is 0 Å². The molecule has 26 heavy (non-hydrogen) atoms. The number of amides is 1. The molecule has 2 aliphatic rings. The lowest BCUT2D eigenvalue weighted by Gasteiger charge is -2.37. The molecule has 0 unspecified atom stereocenters. The Hall–Kier alpha value is -1.33. The van der Waals surface area contributed by atoms with E-state index in [2.05, 4.69) is 41.5 Å². The number of nitrogens with zero attached hydrogens (tertiary/aromatic N) is 1. The summed E-state index contributed by atoms with van der Waals surface area (Å²) >= 11 is 0. The molecule has 0 bridgehead atoms. The van der Waals surface area contributed by atoms with Gasteiger partial charge >= 0.3 is 7.12 Å². The van der Waals surface area contributed by atoms with Crippen LogP contribution in [0.3, 0.4) is 0 Å². The van der Waals surface area contributed by atoms with Crippen LogP contribution in [0.1, 0.15) is 59.9 Å². The van der Waals surface area contributed by atoms with E-state index in [0.717, 1.165) is 37.0 Å². The third-order valence-electron chi connectivity index (χ3n) is 6.33. The fourth-order valence-corrected chi connectivity index (χ4v) is 3.42. The maximum Gasteiger partial charge on any atom is 0.494 e. The van der Waals surface area contributed by atoms with Crippen molar-refractivity contribution in [1.82, 2.24) is 4.90 Å². The van der Waals surface area contributed by atoms with Crippen molar-refractivity contribution >= 4 is 18.5 Å². The number of hydrogen-bond donors (Lipinski definition) is 0. The fraction of sp³-hybridized carbons (Fsp3) is 0.667. The first kappa shape index (κ1) is 19.4. The molecule has 0 saturated carbocycles. The minimum Gasteiger partial charge on any atom is -0.399 e. The monoisotopic (exact) mass is 357 g/mol. The standard InChI is InChI=1S/C21H32BNO3/c1-19(2)11-13-23(14-12-19)18(24)15-16-7-9-17(10-8-16)22-25-20(3,4)21(5,6)26-22/h7-10H,11-15H2,1-6H3. The van der Waals surface area contributed by atoms with E-state index in [1.807, 2.05) is 29.2 Å². The Labute approximate surface area is 158 Å². The van der Waals surface area contributed by atoms with Crippen LogP contribution in [0.5, 0.6) is 0 Å². The predicted molar refractivity (Wildman–Crippen MR) is 105 cm³/mol. The van der Waals surface area contributed by atoms with Crippen LogP contribution in [0.2, 0.25) is 0 Å². The van der Waals surface area contributed by atoms with Crippen molar-refractivity contribution in [2.24, 2.45) is 5.41 Å². The van der Waals surface area contributed by atoms with E-state index in [1.54, 1.807) is 0 Å². The summed E-state index contributed by atoms with van der Waals surface area (Å²) in [5.74, 6) is 0.226. The molecule has 1 aromatic carbocycles. The zero-order valence-electron chi connectivity index (χ0n) is 17.1. The third kappa shape index (κ3) is 3.99. The lowest BCUT2D eigenvalue weighted by molar-refractivity contribution is -0.132. The average molecular weight is 357 g/mol. The zero-order chi connectivity index (χ0) is 19.2. The van der Waals surface area contributed by atoms with Crippen LogP contribution in [-0.2, 0) is 20.5 Å². The van der Waals surface area contributed by atoms with Crippen LogP contribution < -0.4 is 5.46 Å². The second-order valence-electron chi connectivity index (χ2n) is 9.55. The van der Waals surface area contributed by atoms with Crippen molar-refractivity contribution < 1.29 is 14.1 Å². The molecule has 0 atom stereocenters. The van der Waals surface area contributed by atoms with Crippen molar-refractivity contribution in [3.05, 3.63) is 29.8 Å². The van der Waals surface area contributed by atoms with Crippen LogP contribution in [0.15, 0.2) is 24.3 Å². The van der Waals surface area contributed by atoms with Gasteiger partial charge in [0.05, 0.1) is 17.6 Å². The maximum atomic E-state index is 12.6. The van der Waals surface area contributed by atoms with Crippen molar-refractivity contribution in [3.63, 3.8) is 0 Å². The largest absolute Gasteiger partial charge is 0.494 e.